The number of thiophene rings is 1. The van der Waals surface area contributed by atoms with Crippen LogP contribution in [0.25, 0.3) is 10.1 Å². The average molecular weight is 306 g/mol. The molecule has 0 radical (unpaired) electrons. The first-order valence-electron chi connectivity index (χ1n) is 6.64. The van der Waals surface area contributed by atoms with Gasteiger partial charge in [0.1, 0.15) is 0 Å². The summed E-state index contributed by atoms with van der Waals surface area (Å²) in [6.45, 7) is 3.61. The number of carbonyl (C=O) groups is 2. The van der Waals surface area contributed by atoms with Crippen molar-refractivity contribution < 1.29 is 14.7 Å². The molecule has 0 saturated heterocycles. The maximum absolute atomic E-state index is 12.0. The summed E-state index contributed by atoms with van der Waals surface area (Å²) in [4.78, 5) is 22.6. The van der Waals surface area contributed by atoms with Gasteiger partial charge < -0.3 is 15.7 Å². The summed E-state index contributed by atoms with van der Waals surface area (Å²) >= 11 is 1.65. The maximum atomic E-state index is 12.0. The van der Waals surface area contributed by atoms with E-state index in [2.05, 4.69) is 10.6 Å². The molecule has 0 unspecified atom stereocenters. The summed E-state index contributed by atoms with van der Waals surface area (Å²) in [5.74, 6) is -0.867. The first kappa shape index (κ1) is 15.3. The number of carbonyl (C=O) groups excluding carboxylic acids is 1. The van der Waals surface area contributed by atoms with Crippen molar-refractivity contribution in [3.63, 3.8) is 0 Å². The Morgan fingerprint density at radius 2 is 2.05 bits per heavy atom. The highest BCUT2D eigenvalue weighted by molar-refractivity contribution is 7.17. The van der Waals surface area contributed by atoms with E-state index < -0.39 is 11.5 Å². The number of aliphatic carboxylic acids is 1. The van der Waals surface area contributed by atoms with Crippen LogP contribution in [0.2, 0.25) is 0 Å². The standard InChI is InChI=1S/C15H18N2O3S/c1-15(2,7-5-13(18)19)17-14(20)16-11-3-4-12-10(9-11)6-8-21-12/h3-4,6,8-9H,5,7H2,1-2H3,(H,18,19)(H2,16,17,20). The lowest BCUT2D eigenvalue weighted by molar-refractivity contribution is -0.137. The van der Waals surface area contributed by atoms with E-state index in [9.17, 15) is 9.59 Å². The van der Waals surface area contributed by atoms with Crippen LogP contribution in [0, 0.1) is 0 Å². The van der Waals surface area contributed by atoms with E-state index in [4.69, 9.17) is 5.11 Å². The minimum Gasteiger partial charge on any atom is -0.481 e. The van der Waals surface area contributed by atoms with Crippen molar-refractivity contribution in [1.82, 2.24) is 5.32 Å². The third-order valence-electron chi connectivity index (χ3n) is 3.13. The normalized spacial score (nSPS) is 11.3. The molecule has 0 saturated carbocycles. The lowest BCUT2D eigenvalue weighted by Crippen LogP contribution is -2.45. The SMILES string of the molecule is CC(C)(CCC(=O)O)NC(=O)Nc1ccc2sccc2c1. The third-order valence-corrected chi connectivity index (χ3v) is 4.02. The number of benzene rings is 1. The minimum absolute atomic E-state index is 0.0220. The van der Waals surface area contributed by atoms with Crippen LogP contribution in [0.1, 0.15) is 26.7 Å². The lowest BCUT2D eigenvalue weighted by atomic mass is 9.99. The molecule has 21 heavy (non-hydrogen) atoms. The Kier molecular flexibility index (Phi) is 4.47. The summed E-state index contributed by atoms with van der Waals surface area (Å²) in [6.07, 6.45) is 0.396. The highest BCUT2D eigenvalue weighted by Crippen LogP contribution is 2.24. The summed E-state index contributed by atoms with van der Waals surface area (Å²) in [5.41, 5.74) is 0.141. The van der Waals surface area contributed by atoms with E-state index in [1.165, 1.54) is 4.70 Å². The van der Waals surface area contributed by atoms with Gasteiger partial charge >= 0.3 is 12.0 Å². The van der Waals surface area contributed by atoms with Crippen LogP contribution >= 0.6 is 11.3 Å². The van der Waals surface area contributed by atoms with E-state index in [-0.39, 0.29) is 12.5 Å². The second-order valence-electron chi connectivity index (χ2n) is 5.53. The molecule has 0 fully saturated rings. The molecule has 2 amide bonds. The number of anilines is 1. The zero-order valence-corrected chi connectivity index (χ0v) is 12.8. The Bertz CT molecular complexity index is 664. The molecule has 1 heterocycles. The van der Waals surface area contributed by atoms with Gasteiger partial charge in [0.25, 0.3) is 0 Å². The predicted molar refractivity (Wildman–Crippen MR) is 84.9 cm³/mol. The maximum Gasteiger partial charge on any atom is 0.319 e. The topological polar surface area (TPSA) is 78.4 Å². The first-order valence-corrected chi connectivity index (χ1v) is 7.52. The number of urea groups is 1. The second kappa shape index (κ2) is 6.13. The number of nitrogens with one attached hydrogen (secondary N) is 2. The van der Waals surface area contributed by atoms with Crippen molar-refractivity contribution in [3.05, 3.63) is 29.6 Å². The Balaban J connectivity index is 1.95. The van der Waals surface area contributed by atoms with Gasteiger partial charge in [-0.1, -0.05) is 0 Å². The molecule has 2 aromatic rings. The summed E-state index contributed by atoms with van der Waals surface area (Å²) in [7, 11) is 0. The molecular formula is C15H18N2O3S. The summed E-state index contributed by atoms with van der Waals surface area (Å²) < 4.78 is 1.17. The van der Waals surface area contributed by atoms with Crippen LogP contribution < -0.4 is 10.6 Å². The fourth-order valence-corrected chi connectivity index (χ4v) is 2.77. The van der Waals surface area contributed by atoms with Gasteiger partial charge in [0.05, 0.1) is 0 Å². The molecule has 0 bridgehead atoms. The fourth-order valence-electron chi connectivity index (χ4n) is 2.00. The minimum atomic E-state index is -0.867. The Morgan fingerprint density at radius 1 is 1.29 bits per heavy atom. The van der Waals surface area contributed by atoms with Crippen molar-refractivity contribution in [3.8, 4) is 0 Å². The smallest absolute Gasteiger partial charge is 0.319 e. The van der Waals surface area contributed by atoms with E-state index in [1.807, 2.05) is 29.6 Å². The molecule has 0 aliphatic rings. The van der Waals surface area contributed by atoms with Gasteiger partial charge in [-0.2, -0.15) is 0 Å². The Labute approximate surface area is 127 Å². The van der Waals surface area contributed by atoms with Gasteiger partial charge in [-0.15, -0.1) is 11.3 Å². The van der Waals surface area contributed by atoms with Gasteiger partial charge in [-0.25, -0.2) is 4.79 Å². The van der Waals surface area contributed by atoms with E-state index >= 15 is 0 Å². The number of fused-ring (bicyclic) bond motifs is 1. The molecule has 0 atom stereocenters. The molecule has 2 rings (SSSR count). The zero-order chi connectivity index (χ0) is 15.5. The number of carboxylic acids is 1. The number of rotatable bonds is 5. The molecule has 1 aromatic carbocycles. The molecule has 5 nitrogen and oxygen atoms in total. The predicted octanol–water partition coefficient (Wildman–Crippen LogP) is 3.67. The molecule has 3 N–H and O–H groups in total. The number of carboxylic acid groups (broad SMARTS) is 1. The zero-order valence-electron chi connectivity index (χ0n) is 12.0. The largest absolute Gasteiger partial charge is 0.481 e. The van der Waals surface area contributed by atoms with Crippen LogP contribution in [-0.4, -0.2) is 22.6 Å². The molecule has 6 heteroatoms. The average Bonchev–Trinajstić information content (AvgIpc) is 2.83. The number of hydrogen-bond donors (Lipinski definition) is 3. The number of amides is 2. The van der Waals surface area contributed by atoms with Gasteiger partial charge in [0.15, 0.2) is 0 Å². The second-order valence-corrected chi connectivity index (χ2v) is 6.48. The molecule has 0 aliphatic heterocycles. The van der Waals surface area contributed by atoms with E-state index in [0.29, 0.717) is 12.1 Å². The van der Waals surface area contributed by atoms with Crippen molar-refractivity contribution in [2.45, 2.75) is 32.2 Å². The molecular weight excluding hydrogens is 288 g/mol. The number of hydrogen-bond acceptors (Lipinski definition) is 3. The monoisotopic (exact) mass is 306 g/mol. The van der Waals surface area contributed by atoms with Crippen molar-refractivity contribution >= 4 is 39.1 Å². The molecule has 0 spiro atoms. The first-order chi connectivity index (χ1) is 9.85. The van der Waals surface area contributed by atoms with Crippen LogP contribution in [0.4, 0.5) is 10.5 Å². The third kappa shape index (κ3) is 4.46. The summed E-state index contributed by atoms with van der Waals surface area (Å²) in [6, 6.07) is 7.39. The highest BCUT2D eigenvalue weighted by atomic mass is 32.1. The van der Waals surface area contributed by atoms with Gasteiger partial charge in [-0.05, 0) is 55.3 Å². The molecule has 1 aromatic heterocycles. The lowest BCUT2D eigenvalue weighted by Gasteiger charge is -2.25. The van der Waals surface area contributed by atoms with Gasteiger partial charge in [0, 0.05) is 22.3 Å². The van der Waals surface area contributed by atoms with Crippen molar-refractivity contribution in [1.29, 1.82) is 0 Å². The fraction of sp³-hybridized carbons (Fsp3) is 0.333. The summed E-state index contributed by atoms with van der Waals surface area (Å²) in [5, 5.41) is 17.4. The van der Waals surface area contributed by atoms with Gasteiger partial charge in [-0.3, -0.25) is 4.79 Å². The van der Waals surface area contributed by atoms with Crippen LogP contribution in [-0.2, 0) is 4.79 Å². The molecule has 0 aliphatic carbocycles. The van der Waals surface area contributed by atoms with E-state index in [0.717, 1.165) is 5.39 Å². The van der Waals surface area contributed by atoms with Crippen molar-refractivity contribution in [2.24, 2.45) is 0 Å². The highest BCUT2D eigenvalue weighted by Gasteiger charge is 2.21. The molecule has 112 valence electrons. The van der Waals surface area contributed by atoms with E-state index in [1.54, 1.807) is 25.2 Å². The van der Waals surface area contributed by atoms with Gasteiger partial charge in [0.2, 0.25) is 0 Å². The Hall–Kier alpha value is -2.08. The Morgan fingerprint density at radius 3 is 2.76 bits per heavy atom. The van der Waals surface area contributed by atoms with Crippen molar-refractivity contribution in [2.75, 3.05) is 5.32 Å². The van der Waals surface area contributed by atoms with Crippen LogP contribution in [0.3, 0.4) is 0 Å². The van der Waals surface area contributed by atoms with Crippen LogP contribution in [0.15, 0.2) is 29.6 Å². The quantitative estimate of drug-likeness (QED) is 0.788. The van der Waals surface area contributed by atoms with Crippen LogP contribution in [0.5, 0.6) is 0 Å².